The summed E-state index contributed by atoms with van der Waals surface area (Å²) in [7, 11) is 1.74. The van der Waals surface area contributed by atoms with Gasteiger partial charge in [0.2, 0.25) is 5.91 Å². The highest BCUT2D eigenvalue weighted by atomic mass is 16.6. The van der Waals surface area contributed by atoms with Crippen LogP contribution in [-0.2, 0) is 17.4 Å². The van der Waals surface area contributed by atoms with Crippen molar-refractivity contribution in [3.63, 3.8) is 0 Å². The molecule has 2 aromatic rings. The monoisotopic (exact) mass is 330 g/mol. The highest BCUT2D eigenvalue weighted by molar-refractivity contribution is 5.91. The smallest absolute Gasteiger partial charge is 0.269 e. The molecule has 1 aromatic carbocycles. The Kier molecular flexibility index (Phi) is 5.10. The summed E-state index contributed by atoms with van der Waals surface area (Å²) in [4.78, 5) is 21.9. The third-order valence-corrected chi connectivity index (χ3v) is 3.46. The third kappa shape index (κ3) is 4.50. The standard InChI is InChI=1S/C16H18N4O4/c1-16(22,13-9-18-19(2)10-13)11-17-15(21)8-5-12-3-6-14(7-4-12)20(23)24/h3-10,22H,11H2,1-2H3,(H,17,21)/b8-5+/t16-/m0/s1. The summed E-state index contributed by atoms with van der Waals surface area (Å²) in [6, 6.07) is 5.83. The number of carbonyl (C=O) groups is 1. The van der Waals surface area contributed by atoms with E-state index in [1.165, 1.54) is 24.3 Å². The highest BCUT2D eigenvalue weighted by Crippen LogP contribution is 2.18. The van der Waals surface area contributed by atoms with Crippen LogP contribution in [0.2, 0.25) is 0 Å². The molecule has 0 aliphatic heterocycles. The van der Waals surface area contributed by atoms with Gasteiger partial charge in [0.15, 0.2) is 0 Å². The number of hydrogen-bond donors (Lipinski definition) is 2. The first kappa shape index (κ1) is 17.4. The summed E-state index contributed by atoms with van der Waals surface area (Å²) in [5.74, 6) is -0.377. The molecular formula is C16H18N4O4. The van der Waals surface area contributed by atoms with Gasteiger partial charge in [-0.25, -0.2) is 0 Å². The summed E-state index contributed by atoms with van der Waals surface area (Å²) >= 11 is 0. The largest absolute Gasteiger partial charge is 0.383 e. The molecule has 0 aliphatic rings. The van der Waals surface area contributed by atoms with Gasteiger partial charge in [-0.05, 0) is 30.7 Å². The van der Waals surface area contributed by atoms with Gasteiger partial charge in [-0.1, -0.05) is 0 Å². The maximum absolute atomic E-state index is 11.8. The first-order valence-corrected chi connectivity index (χ1v) is 7.20. The zero-order valence-electron chi connectivity index (χ0n) is 13.3. The molecule has 2 rings (SSSR count). The molecule has 24 heavy (non-hydrogen) atoms. The van der Waals surface area contributed by atoms with Crippen LogP contribution in [0.1, 0.15) is 18.1 Å². The van der Waals surface area contributed by atoms with Crippen molar-refractivity contribution >= 4 is 17.7 Å². The molecule has 0 aliphatic carbocycles. The van der Waals surface area contributed by atoms with Crippen LogP contribution in [0.15, 0.2) is 42.7 Å². The van der Waals surface area contributed by atoms with Crippen LogP contribution in [0.5, 0.6) is 0 Å². The van der Waals surface area contributed by atoms with E-state index < -0.39 is 10.5 Å². The molecule has 0 bridgehead atoms. The fourth-order valence-electron chi connectivity index (χ4n) is 2.00. The first-order valence-electron chi connectivity index (χ1n) is 7.20. The summed E-state index contributed by atoms with van der Waals surface area (Å²) in [5, 5.41) is 27.5. The molecule has 8 heteroatoms. The van der Waals surface area contributed by atoms with E-state index in [4.69, 9.17) is 0 Å². The SMILES string of the molecule is Cn1cc([C@@](C)(O)CNC(=O)/C=C/c2ccc([N+](=O)[O-])cc2)cn1. The predicted octanol–water partition coefficient (Wildman–Crippen LogP) is 1.37. The molecule has 126 valence electrons. The van der Waals surface area contributed by atoms with Crippen molar-refractivity contribution in [2.45, 2.75) is 12.5 Å². The van der Waals surface area contributed by atoms with Crippen LogP contribution in [0.25, 0.3) is 6.08 Å². The van der Waals surface area contributed by atoms with Crippen LogP contribution < -0.4 is 5.32 Å². The number of nitrogens with one attached hydrogen (secondary N) is 1. The van der Waals surface area contributed by atoms with Gasteiger partial charge in [0.25, 0.3) is 5.69 Å². The van der Waals surface area contributed by atoms with E-state index in [2.05, 4.69) is 10.4 Å². The minimum Gasteiger partial charge on any atom is -0.383 e. The molecule has 0 unspecified atom stereocenters. The summed E-state index contributed by atoms with van der Waals surface area (Å²) in [6.07, 6.45) is 6.07. The van der Waals surface area contributed by atoms with Crippen LogP contribution in [0.4, 0.5) is 5.69 Å². The lowest BCUT2D eigenvalue weighted by molar-refractivity contribution is -0.384. The number of hydrogen-bond acceptors (Lipinski definition) is 5. The Morgan fingerprint density at radius 1 is 1.46 bits per heavy atom. The lowest BCUT2D eigenvalue weighted by Crippen LogP contribution is -2.37. The summed E-state index contributed by atoms with van der Waals surface area (Å²) in [5.41, 5.74) is 0.0222. The Morgan fingerprint density at radius 2 is 2.12 bits per heavy atom. The number of aliphatic hydroxyl groups is 1. The van der Waals surface area contributed by atoms with Crippen LogP contribution >= 0.6 is 0 Å². The second-order valence-electron chi connectivity index (χ2n) is 5.58. The Hall–Kier alpha value is -3.00. The van der Waals surface area contributed by atoms with Crippen LogP contribution in [0.3, 0.4) is 0 Å². The van der Waals surface area contributed by atoms with Gasteiger partial charge in [0.1, 0.15) is 5.60 Å². The van der Waals surface area contributed by atoms with Gasteiger partial charge < -0.3 is 10.4 Å². The Morgan fingerprint density at radius 3 is 2.67 bits per heavy atom. The minimum atomic E-state index is -1.23. The van der Waals surface area contributed by atoms with Crippen molar-refractivity contribution in [1.29, 1.82) is 0 Å². The quantitative estimate of drug-likeness (QED) is 0.472. The highest BCUT2D eigenvalue weighted by Gasteiger charge is 2.24. The number of amides is 1. The van der Waals surface area contributed by atoms with Gasteiger partial charge in [0.05, 0.1) is 17.7 Å². The minimum absolute atomic E-state index is 0.0101. The van der Waals surface area contributed by atoms with Crippen molar-refractivity contribution in [2.75, 3.05) is 6.54 Å². The van der Waals surface area contributed by atoms with Gasteiger partial charge in [-0.15, -0.1) is 0 Å². The molecule has 0 fully saturated rings. The maximum Gasteiger partial charge on any atom is 0.269 e. The van der Waals surface area contributed by atoms with Crippen LogP contribution in [-0.4, -0.2) is 32.3 Å². The van der Waals surface area contributed by atoms with Crippen molar-refractivity contribution in [3.8, 4) is 0 Å². The van der Waals surface area contributed by atoms with E-state index >= 15 is 0 Å². The van der Waals surface area contributed by atoms with E-state index in [1.54, 1.807) is 43.2 Å². The lowest BCUT2D eigenvalue weighted by Gasteiger charge is -2.21. The zero-order chi connectivity index (χ0) is 17.7. The molecule has 1 heterocycles. The normalized spacial score (nSPS) is 13.6. The fraction of sp³-hybridized carbons (Fsp3) is 0.250. The molecule has 0 saturated carbocycles. The van der Waals surface area contributed by atoms with E-state index in [0.717, 1.165) is 0 Å². The number of nitro groups is 1. The number of non-ortho nitro benzene ring substituents is 1. The van der Waals surface area contributed by atoms with Crippen molar-refractivity contribution < 1.29 is 14.8 Å². The number of nitrogens with zero attached hydrogens (tertiary/aromatic N) is 3. The predicted molar refractivity (Wildman–Crippen MR) is 87.9 cm³/mol. The third-order valence-electron chi connectivity index (χ3n) is 3.46. The Balaban J connectivity index is 1.91. The van der Waals surface area contributed by atoms with E-state index in [9.17, 15) is 20.0 Å². The molecule has 0 radical (unpaired) electrons. The number of aryl methyl sites for hydroxylation is 1. The van der Waals surface area contributed by atoms with Gasteiger partial charge in [0, 0.05) is 37.0 Å². The topological polar surface area (TPSA) is 110 Å². The number of benzene rings is 1. The Labute approximate surface area is 138 Å². The molecule has 0 saturated heterocycles. The fourth-order valence-corrected chi connectivity index (χ4v) is 2.00. The summed E-state index contributed by atoms with van der Waals surface area (Å²) in [6.45, 7) is 1.62. The van der Waals surface area contributed by atoms with Crippen molar-refractivity contribution in [3.05, 3.63) is 64.0 Å². The summed E-state index contributed by atoms with van der Waals surface area (Å²) < 4.78 is 1.57. The average Bonchev–Trinajstić information content (AvgIpc) is 2.99. The maximum atomic E-state index is 11.8. The number of aromatic nitrogens is 2. The van der Waals surface area contributed by atoms with E-state index in [1.807, 2.05) is 0 Å². The molecule has 8 nitrogen and oxygen atoms in total. The van der Waals surface area contributed by atoms with Gasteiger partial charge in [-0.2, -0.15) is 5.10 Å². The molecule has 1 amide bonds. The Bertz CT molecular complexity index is 763. The molecule has 1 aromatic heterocycles. The molecule has 2 N–H and O–H groups in total. The molecular weight excluding hydrogens is 312 g/mol. The number of nitro benzene ring substituents is 1. The zero-order valence-corrected chi connectivity index (χ0v) is 13.3. The van der Waals surface area contributed by atoms with Gasteiger partial charge in [-0.3, -0.25) is 19.6 Å². The lowest BCUT2D eigenvalue weighted by atomic mass is 10.00. The molecule has 1 atom stereocenters. The number of carbonyl (C=O) groups excluding carboxylic acids is 1. The van der Waals surface area contributed by atoms with Gasteiger partial charge >= 0.3 is 0 Å². The second kappa shape index (κ2) is 7.05. The van der Waals surface area contributed by atoms with Crippen molar-refractivity contribution in [2.24, 2.45) is 7.05 Å². The van der Waals surface area contributed by atoms with E-state index in [-0.39, 0.29) is 18.1 Å². The molecule has 0 spiro atoms. The van der Waals surface area contributed by atoms with E-state index in [0.29, 0.717) is 11.1 Å². The van der Waals surface area contributed by atoms with Crippen molar-refractivity contribution in [1.82, 2.24) is 15.1 Å². The number of rotatable bonds is 6. The second-order valence-corrected chi connectivity index (χ2v) is 5.58. The first-order chi connectivity index (χ1) is 11.3. The van der Waals surface area contributed by atoms with Crippen LogP contribution in [0, 0.1) is 10.1 Å². The average molecular weight is 330 g/mol.